The fourth-order valence-electron chi connectivity index (χ4n) is 2.16. The SMILES string of the molecule is O=[C]c1ccc(C(=O)c2ccc(Oc3ccccc3)cc2)cc1. The molecule has 0 spiro atoms. The van der Waals surface area contributed by atoms with E-state index in [1.165, 1.54) is 0 Å². The van der Waals surface area contributed by atoms with Crippen molar-refractivity contribution in [3.8, 4) is 11.5 Å². The van der Waals surface area contributed by atoms with E-state index in [-0.39, 0.29) is 5.78 Å². The molecular weight excluding hydrogens is 288 g/mol. The van der Waals surface area contributed by atoms with Crippen LogP contribution in [0, 0.1) is 0 Å². The largest absolute Gasteiger partial charge is 0.457 e. The fourth-order valence-corrected chi connectivity index (χ4v) is 2.16. The quantitative estimate of drug-likeness (QED) is 0.664. The zero-order valence-electron chi connectivity index (χ0n) is 12.2. The molecule has 0 aliphatic rings. The van der Waals surface area contributed by atoms with Gasteiger partial charge in [0.25, 0.3) is 0 Å². The van der Waals surface area contributed by atoms with Crippen LogP contribution in [0.25, 0.3) is 0 Å². The lowest BCUT2D eigenvalue weighted by Gasteiger charge is -2.06. The standard InChI is InChI=1S/C20H13O3/c21-14-15-6-8-16(9-7-15)20(22)17-10-12-19(13-11-17)23-18-4-2-1-3-5-18/h1-13H. The maximum atomic E-state index is 12.4. The van der Waals surface area contributed by atoms with Gasteiger partial charge in [-0.15, -0.1) is 0 Å². The first-order valence-corrected chi connectivity index (χ1v) is 7.12. The molecule has 0 unspecified atom stereocenters. The molecule has 3 nitrogen and oxygen atoms in total. The lowest BCUT2D eigenvalue weighted by Crippen LogP contribution is -2.01. The Morgan fingerprint density at radius 1 is 0.696 bits per heavy atom. The van der Waals surface area contributed by atoms with Crippen molar-refractivity contribution < 1.29 is 14.3 Å². The molecule has 0 saturated heterocycles. The van der Waals surface area contributed by atoms with Crippen molar-refractivity contribution in [2.24, 2.45) is 0 Å². The second-order valence-corrected chi connectivity index (χ2v) is 4.95. The molecular formula is C20H13O3. The van der Waals surface area contributed by atoms with Crippen LogP contribution in [0.15, 0.2) is 78.9 Å². The van der Waals surface area contributed by atoms with E-state index in [4.69, 9.17) is 4.74 Å². The first-order valence-electron chi connectivity index (χ1n) is 7.12. The second kappa shape index (κ2) is 6.71. The zero-order valence-corrected chi connectivity index (χ0v) is 12.2. The molecule has 0 aliphatic carbocycles. The Kier molecular flexibility index (Phi) is 4.29. The summed E-state index contributed by atoms with van der Waals surface area (Å²) in [6.07, 6.45) is 1.79. The minimum absolute atomic E-state index is 0.103. The molecule has 3 aromatic carbocycles. The van der Waals surface area contributed by atoms with Gasteiger partial charge in [0, 0.05) is 16.7 Å². The monoisotopic (exact) mass is 301 g/mol. The van der Waals surface area contributed by atoms with E-state index in [9.17, 15) is 9.59 Å². The third-order valence-corrected chi connectivity index (χ3v) is 3.36. The van der Waals surface area contributed by atoms with Crippen molar-refractivity contribution in [2.75, 3.05) is 0 Å². The maximum Gasteiger partial charge on any atom is 0.233 e. The molecule has 3 heteroatoms. The van der Waals surface area contributed by atoms with Crippen LogP contribution in [0.5, 0.6) is 11.5 Å². The van der Waals surface area contributed by atoms with Gasteiger partial charge in [-0.05, 0) is 36.4 Å². The average Bonchev–Trinajstić information content (AvgIpc) is 2.63. The minimum Gasteiger partial charge on any atom is -0.457 e. The van der Waals surface area contributed by atoms with Gasteiger partial charge in [0.1, 0.15) is 11.5 Å². The Hall–Kier alpha value is -3.20. The predicted octanol–water partition coefficient (Wildman–Crippen LogP) is 4.17. The molecule has 23 heavy (non-hydrogen) atoms. The number of ketones is 1. The molecule has 0 aromatic heterocycles. The average molecular weight is 301 g/mol. The van der Waals surface area contributed by atoms with Crippen LogP contribution in [0.2, 0.25) is 0 Å². The van der Waals surface area contributed by atoms with E-state index in [0.29, 0.717) is 22.4 Å². The van der Waals surface area contributed by atoms with Crippen molar-refractivity contribution in [3.05, 3.63) is 95.6 Å². The number of carbonyl (C=O) groups is 1. The van der Waals surface area contributed by atoms with Crippen molar-refractivity contribution in [3.63, 3.8) is 0 Å². The van der Waals surface area contributed by atoms with Gasteiger partial charge < -0.3 is 4.74 Å². The summed E-state index contributed by atoms with van der Waals surface area (Å²) in [6, 6.07) is 22.8. The number of hydrogen-bond acceptors (Lipinski definition) is 3. The minimum atomic E-state index is -0.103. The van der Waals surface area contributed by atoms with Crippen LogP contribution < -0.4 is 4.74 Å². The number of hydrogen-bond donors (Lipinski definition) is 0. The molecule has 0 N–H and O–H groups in total. The molecule has 0 saturated carbocycles. The summed E-state index contributed by atoms with van der Waals surface area (Å²) in [5.74, 6) is 1.31. The Morgan fingerprint density at radius 3 is 1.78 bits per heavy atom. The summed E-state index contributed by atoms with van der Waals surface area (Å²) in [6.45, 7) is 0. The van der Waals surface area contributed by atoms with Gasteiger partial charge in [0.05, 0.1) is 0 Å². The van der Waals surface area contributed by atoms with Crippen molar-refractivity contribution in [1.82, 2.24) is 0 Å². The van der Waals surface area contributed by atoms with Crippen LogP contribution >= 0.6 is 0 Å². The smallest absolute Gasteiger partial charge is 0.233 e. The maximum absolute atomic E-state index is 12.4. The molecule has 0 heterocycles. The highest BCUT2D eigenvalue weighted by atomic mass is 16.5. The van der Waals surface area contributed by atoms with Gasteiger partial charge in [-0.25, -0.2) is 0 Å². The lowest BCUT2D eigenvalue weighted by atomic mass is 10.0. The highest BCUT2D eigenvalue weighted by molar-refractivity contribution is 6.09. The summed E-state index contributed by atoms with van der Waals surface area (Å²) in [7, 11) is 0. The highest BCUT2D eigenvalue weighted by Gasteiger charge is 2.09. The Balaban J connectivity index is 1.75. The predicted molar refractivity (Wildman–Crippen MR) is 87.6 cm³/mol. The third-order valence-electron chi connectivity index (χ3n) is 3.36. The molecule has 111 valence electrons. The molecule has 0 atom stereocenters. The van der Waals surface area contributed by atoms with E-state index in [1.807, 2.05) is 30.3 Å². The molecule has 0 aliphatic heterocycles. The number of para-hydroxylation sites is 1. The molecule has 0 fully saturated rings. The van der Waals surface area contributed by atoms with Gasteiger partial charge in [-0.2, -0.15) is 0 Å². The third kappa shape index (κ3) is 3.52. The van der Waals surface area contributed by atoms with E-state index in [0.717, 1.165) is 5.75 Å². The van der Waals surface area contributed by atoms with E-state index in [1.54, 1.807) is 54.8 Å². The summed E-state index contributed by atoms with van der Waals surface area (Å²) in [4.78, 5) is 22.9. The number of rotatable bonds is 5. The van der Waals surface area contributed by atoms with Gasteiger partial charge in [-0.3, -0.25) is 9.59 Å². The first kappa shape index (κ1) is 14.7. The Labute approximate surface area is 134 Å². The Morgan fingerprint density at radius 2 is 1.22 bits per heavy atom. The topological polar surface area (TPSA) is 43.4 Å². The molecule has 3 rings (SSSR count). The second-order valence-electron chi connectivity index (χ2n) is 4.95. The first-order chi connectivity index (χ1) is 11.3. The summed E-state index contributed by atoms with van der Waals surface area (Å²) >= 11 is 0. The van der Waals surface area contributed by atoms with Crippen LogP contribution in [-0.4, -0.2) is 12.1 Å². The normalized spacial score (nSPS) is 10.1. The van der Waals surface area contributed by atoms with Crippen LogP contribution in [0.1, 0.15) is 21.5 Å². The van der Waals surface area contributed by atoms with E-state index < -0.39 is 0 Å². The number of carbonyl (C=O) groups excluding carboxylic acids is 2. The van der Waals surface area contributed by atoms with Crippen molar-refractivity contribution in [2.45, 2.75) is 0 Å². The van der Waals surface area contributed by atoms with Gasteiger partial charge in [0.15, 0.2) is 5.78 Å². The van der Waals surface area contributed by atoms with Crippen LogP contribution in [0.4, 0.5) is 0 Å². The highest BCUT2D eigenvalue weighted by Crippen LogP contribution is 2.22. The summed E-state index contributed by atoms with van der Waals surface area (Å²) in [5, 5.41) is 0. The van der Waals surface area contributed by atoms with Crippen LogP contribution in [-0.2, 0) is 4.79 Å². The van der Waals surface area contributed by atoms with Crippen molar-refractivity contribution in [1.29, 1.82) is 0 Å². The van der Waals surface area contributed by atoms with Crippen molar-refractivity contribution >= 4 is 12.1 Å². The lowest BCUT2D eigenvalue weighted by molar-refractivity contribution is 0.103. The summed E-state index contributed by atoms with van der Waals surface area (Å²) in [5.41, 5.74) is 1.52. The molecule has 1 radical (unpaired) electrons. The van der Waals surface area contributed by atoms with E-state index in [2.05, 4.69) is 0 Å². The van der Waals surface area contributed by atoms with Gasteiger partial charge in [0.2, 0.25) is 6.29 Å². The number of ether oxygens (including phenoxy) is 1. The van der Waals surface area contributed by atoms with Gasteiger partial charge in [-0.1, -0.05) is 42.5 Å². The molecule has 3 aromatic rings. The zero-order chi connectivity index (χ0) is 16.1. The van der Waals surface area contributed by atoms with Crippen LogP contribution in [0.3, 0.4) is 0 Å². The van der Waals surface area contributed by atoms with E-state index >= 15 is 0 Å². The Bertz CT molecular complexity index is 804. The molecule has 0 bridgehead atoms. The fraction of sp³-hybridized carbons (Fsp3) is 0. The number of benzene rings is 3. The summed E-state index contributed by atoms with van der Waals surface area (Å²) < 4.78 is 5.69. The molecule has 0 amide bonds. The van der Waals surface area contributed by atoms with Gasteiger partial charge >= 0.3 is 0 Å².